The third kappa shape index (κ3) is 3.79. The van der Waals surface area contributed by atoms with Crippen molar-refractivity contribution >= 4 is 17.5 Å². The summed E-state index contributed by atoms with van der Waals surface area (Å²) in [7, 11) is 0. The van der Waals surface area contributed by atoms with Crippen molar-refractivity contribution in [2.45, 2.75) is 37.3 Å². The smallest absolute Gasteiger partial charge is 0.275 e. The first-order valence-electron chi connectivity index (χ1n) is 9.08. The number of halogens is 1. The molecule has 142 valence electrons. The number of amides is 2. The number of carbonyl (C=O) groups excluding carboxylic acids is 2. The Morgan fingerprint density at radius 3 is 2.67 bits per heavy atom. The number of likely N-dealkylation sites (tertiary alicyclic amines) is 1. The van der Waals surface area contributed by atoms with Crippen molar-refractivity contribution in [3.63, 3.8) is 0 Å². The molecule has 7 nitrogen and oxygen atoms in total. The second-order valence-corrected chi connectivity index (χ2v) is 7.13. The van der Waals surface area contributed by atoms with Crippen molar-refractivity contribution in [2.24, 2.45) is 0 Å². The van der Waals surface area contributed by atoms with E-state index in [1.54, 1.807) is 17.0 Å². The van der Waals surface area contributed by atoms with Gasteiger partial charge in [0.2, 0.25) is 5.91 Å². The summed E-state index contributed by atoms with van der Waals surface area (Å²) in [4.78, 5) is 31.0. The lowest BCUT2D eigenvalue weighted by molar-refractivity contribution is -0.127. The highest BCUT2D eigenvalue weighted by molar-refractivity contribution is 5.93. The van der Waals surface area contributed by atoms with Gasteiger partial charge >= 0.3 is 0 Å². The molecule has 2 aromatic rings. The van der Waals surface area contributed by atoms with Crippen molar-refractivity contribution < 1.29 is 18.4 Å². The number of nitrogens with one attached hydrogen (secondary N) is 2. The molecule has 2 N–H and O–H groups in total. The van der Waals surface area contributed by atoms with E-state index in [9.17, 15) is 14.0 Å². The first kappa shape index (κ1) is 17.5. The van der Waals surface area contributed by atoms with Gasteiger partial charge in [-0.05, 0) is 43.9 Å². The fourth-order valence-corrected chi connectivity index (χ4v) is 3.37. The largest absolute Gasteiger partial charge is 0.451 e. The van der Waals surface area contributed by atoms with Crippen LogP contribution in [-0.4, -0.2) is 46.4 Å². The Morgan fingerprint density at radius 2 is 2.04 bits per heavy atom. The third-order valence-electron chi connectivity index (χ3n) is 5.11. The molecule has 0 unspecified atom stereocenters. The van der Waals surface area contributed by atoms with E-state index in [-0.39, 0.29) is 29.4 Å². The maximum absolute atomic E-state index is 13.6. The van der Waals surface area contributed by atoms with Gasteiger partial charge < -0.3 is 20.0 Å². The lowest BCUT2D eigenvalue weighted by Crippen LogP contribution is -2.59. The summed E-state index contributed by atoms with van der Waals surface area (Å²) in [6.45, 7) is 0.790. The van der Waals surface area contributed by atoms with Gasteiger partial charge in [0.15, 0.2) is 12.1 Å². The molecule has 2 heterocycles. The van der Waals surface area contributed by atoms with E-state index < -0.39 is 5.54 Å². The third-order valence-corrected chi connectivity index (χ3v) is 5.11. The molecule has 0 spiro atoms. The van der Waals surface area contributed by atoms with Crippen LogP contribution in [0.4, 0.5) is 10.1 Å². The number of oxazole rings is 1. The van der Waals surface area contributed by atoms with Gasteiger partial charge in [-0.1, -0.05) is 6.07 Å². The molecule has 0 radical (unpaired) electrons. The molecular formula is C19H21FN4O3. The van der Waals surface area contributed by atoms with Gasteiger partial charge in [-0.2, -0.15) is 0 Å². The standard InChI is InChI=1S/C19H21FN4O3/c20-13-2-1-3-15(10-13)23-19(18(26)22-14-4-5-14)6-8-24(9-7-19)17(25)16-11-27-12-21-16/h1-3,10-12,14,23H,4-9H2,(H,22,26). The van der Waals surface area contributed by atoms with Crippen LogP contribution in [0.1, 0.15) is 36.2 Å². The molecule has 2 aliphatic rings. The Morgan fingerprint density at radius 1 is 1.26 bits per heavy atom. The molecule has 1 saturated carbocycles. The zero-order valence-corrected chi connectivity index (χ0v) is 14.8. The summed E-state index contributed by atoms with van der Waals surface area (Å²) >= 11 is 0. The number of aromatic nitrogens is 1. The van der Waals surface area contributed by atoms with E-state index in [0.29, 0.717) is 31.6 Å². The Bertz CT molecular complexity index is 827. The summed E-state index contributed by atoms with van der Waals surface area (Å²) in [6, 6.07) is 6.30. The van der Waals surface area contributed by atoms with Crippen molar-refractivity contribution in [3.05, 3.63) is 48.4 Å². The molecule has 27 heavy (non-hydrogen) atoms. The molecule has 2 amide bonds. The number of piperidine rings is 1. The summed E-state index contributed by atoms with van der Waals surface area (Å²) in [5.41, 5.74) is -0.0722. The van der Waals surface area contributed by atoms with Crippen molar-refractivity contribution in [1.82, 2.24) is 15.2 Å². The average Bonchev–Trinajstić information content (AvgIpc) is 3.31. The minimum absolute atomic E-state index is 0.0946. The number of nitrogens with zero attached hydrogens (tertiary/aromatic N) is 2. The summed E-state index contributed by atoms with van der Waals surface area (Å²) < 4.78 is 18.5. The Labute approximate surface area is 155 Å². The predicted molar refractivity (Wildman–Crippen MR) is 95.6 cm³/mol. The van der Waals surface area contributed by atoms with Crippen molar-refractivity contribution in [3.8, 4) is 0 Å². The van der Waals surface area contributed by atoms with Gasteiger partial charge in [-0.15, -0.1) is 0 Å². The number of hydrogen-bond donors (Lipinski definition) is 2. The normalized spacial score (nSPS) is 18.8. The van der Waals surface area contributed by atoms with Gasteiger partial charge in [-0.25, -0.2) is 9.37 Å². The molecule has 1 aliphatic carbocycles. The van der Waals surface area contributed by atoms with Gasteiger partial charge in [0.25, 0.3) is 5.91 Å². The lowest BCUT2D eigenvalue weighted by atomic mass is 9.85. The number of anilines is 1. The SMILES string of the molecule is O=C(c1cocn1)N1CCC(Nc2cccc(F)c2)(C(=O)NC2CC2)CC1. The van der Waals surface area contributed by atoms with Crippen LogP contribution in [0.15, 0.2) is 41.3 Å². The Kier molecular flexibility index (Phi) is 4.55. The molecule has 1 aromatic carbocycles. The van der Waals surface area contributed by atoms with Crippen LogP contribution in [0.2, 0.25) is 0 Å². The monoisotopic (exact) mass is 372 g/mol. The van der Waals surface area contributed by atoms with Crippen LogP contribution in [0.3, 0.4) is 0 Å². The quantitative estimate of drug-likeness (QED) is 0.840. The second kappa shape index (κ2) is 7.02. The predicted octanol–water partition coefficient (Wildman–Crippen LogP) is 2.18. The maximum Gasteiger partial charge on any atom is 0.275 e. The molecule has 0 bridgehead atoms. The molecule has 2 fully saturated rings. The highest BCUT2D eigenvalue weighted by Crippen LogP contribution is 2.30. The molecule has 1 saturated heterocycles. The highest BCUT2D eigenvalue weighted by atomic mass is 19.1. The van der Waals surface area contributed by atoms with Crippen molar-refractivity contribution in [1.29, 1.82) is 0 Å². The topological polar surface area (TPSA) is 87.5 Å². The number of rotatable bonds is 5. The van der Waals surface area contributed by atoms with Crippen LogP contribution in [0.5, 0.6) is 0 Å². The van der Waals surface area contributed by atoms with Crippen LogP contribution < -0.4 is 10.6 Å². The molecule has 1 aliphatic heterocycles. The summed E-state index contributed by atoms with van der Waals surface area (Å²) in [5.74, 6) is -0.676. The zero-order valence-electron chi connectivity index (χ0n) is 14.8. The number of hydrogen-bond acceptors (Lipinski definition) is 5. The first-order chi connectivity index (χ1) is 13.1. The lowest BCUT2D eigenvalue weighted by Gasteiger charge is -2.41. The van der Waals surface area contributed by atoms with Gasteiger partial charge in [0.1, 0.15) is 17.6 Å². The first-order valence-corrected chi connectivity index (χ1v) is 9.08. The van der Waals surface area contributed by atoms with E-state index in [1.807, 2.05) is 0 Å². The Hall–Kier alpha value is -2.90. The molecule has 0 atom stereocenters. The Balaban J connectivity index is 1.51. The summed E-state index contributed by atoms with van der Waals surface area (Å²) in [6.07, 6.45) is 5.35. The van der Waals surface area contributed by atoms with E-state index >= 15 is 0 Å². The van der Waals surface area contributed by atoms with E-state index in [4.69, 9.17) is 4.42 Å². The van der Waals surface area contributed by atoms with Crippen LogP contribution in [0.25, 0.3) is 0 Å². The number of carbonyl (C=O) groups is 2. The van der Waals surface area contributed by atoms with Gasteiger partial charge in [-0.3, -0.25) is 9.59 Å². The van der Waals surface area contributed by atoms with Crippen molar-refractivity contribution in [2.75, 3.05) is 18.4 Å². The molecule has 8 heteroatoms. The average molecular weight is 372 g/mol. The zero-order chi connectivity index (χ0) is 18.9. The van der Waals surface area contributed by atoms with E-state index in [1.165, 1.54) is 24.8 Å². The van der Waals surface area contributed by atoms with Gasteiger partial charge in [0.05, 0.1) is 0 Å². The summed E-state index contributed by atoms with van der Waals surface area (Å²) in [5, 5.41) is 6.28. The molecule has 1 aromatic heterocycles. The van der Waals surface area contributed by atoms with Gasteiger partial charge in [0, 0.05) is 24.8 Å². The minimum atomic E-state index is -0.878. The second-order valence-electron chi connectivity index (χ2n) is 7.13. The number of benzene rings is 1. The molecule has 4 rings (SSSR count). The van der Waals surface area contributed by atoms with E-state index in [2.05, 4.69) is 15.6 Å². The molecular weight excluding hydrogens is 351 g/mol. The van der Waals surface area contributed by atoms with Crippen LogP contribution in [-0.2, 0) is 4.79 Å². The fraction of sp³-hybridized carbons (Fsp3) is 0.421. The fourth-order valence-electron chi connectivity index (χ4n) is 3.37. The highest BCUT2D eigenvalue weighted by Gasteiger charge is 2.44. The minimum Gasteiger partial charge on any atom is -0.451 e. The van der Waals surface area contributed by atoms with Crippen LogP contribution >= 0.6 is 0 Å². The van der Waals surface area contributed by atoms with Crippen LogP contribution in [0, 0.1) is 5.82 Å². The maximum atomic E-state index is 13.6. The van der Waals surface area contributed by atoms with E-state index in [0.717, 1.165) is 12.8 Å².